The number of carbonyl (C=O) groups is 1. The standard InChI is InChI=1S/C18H18ClN3O3S2/c1-11-12-9-15(16(23)20-18(2)7-8-27(24,25)10-18)26-17(12)22(21-11)14-6-4-3-5-13(14)19/h3-6,9H,7-8,10H2,1-2H3,(H,20,23). The van der Waals surface area contributed by atoms with Crippen molar-refractivity contribution in [1.82, 2.24) is 15.1 Å². The monoisotopic (exact) mass is 423 g/mol. The number of aromatic nitrogens is 2. The van der Waals surface area contributed by atoms with Crippen molar-refractivity contribution in [2.75, 3.05) is 11.5 Å². The van der Waals surface area contributed by atoms with Gasteiger partial charge in [0.25, 0.3) is 5.91 Å². The van der Waals surface area contributed by atoms with Crippen molar-refractivity contribution in [2.24, 2.45) is 0 Å². The van der Waals surface area contributed by atoms with E-state index in [1.807, 2.05) is 25.1 Å². The molecule has 4 rings (SSSR count). The second-order valence-corrected chi connectivity index (χ2v) is 10.8. The smallest absolute Gasteiger partial charge is 0.261 e. The first-order chi connectivity index (χ1) is 12.7. The number of carbonyl (C=O) groups excluding carboxylic acids is 1. The Morgan fingerprint density at radius 1 is 1.37 bits per heavy atom. The van der Waals surface area contributed by atoms with E-state index in [2.05, 4.69) is 10.4 Å². The molecule has 1 fully saturated rings. The Morgan fingerprint density at radius 2 is 2.11 bits per heavy atom. The molecule has 0 bridgehead atoms. The maximum Gasteiger partial charge on any atom is 0.261 e. The summed E-state index contributed by atoms with van der Waals surface area (Å²) in [6.45, 7) is 3.66. The van der Waals surface area contributed by atoms with Crippen molar-refractivity contribution in [3.63, 3.8) is 0 Å². The quantitative estimate of drug-likeness (QED) is 0.700. The van der Waals surface area contributed by atoms with Crippen molar-refractivity contribution in [2.45, 2.75) is 25.8 Å². The number of fused-ring (bicyclic) bond motifs is 1. The van der Waals surface area contributed by atoms with E-state index in [-0.39, 0.29) is 17.4 Å². The van der Waals surface area contributed by atoms with E-state index in [0.29, 0.717) is 16.3 Å². The van der Waals surface area contributed by atoms with Crippen LogP contribution in [0.3, 0.4) is 0 Å². The number of sulfone groups is 1. The fourth-order valence-electron chi connectivity index (χ4n) is 3.39. The highest BCUT2D eigenvalue weighted by Gasteiger charge is 2.39. The molecule has 0 saturated carbocycles. The molecule has 1 saturated heterocycles. The molecule has 1 aliphatic rings. The van der Waals surface area contributed by atoms with Crippen LogP contribution in [-0.4, -0.2) is 41.2 Å². The van der Waals surface area contributed by atoms with E-state index in [0.717, 1.165) is 21.6 Å². The van der Waals surface area contributed by atoms with Gasteiger partial charge in [0, 0.05) is 5.39 Å². The van der Waals surface area contributed by atoms with Gasteiger partial charge in [0.05, 0.1) is 38.3 Å². The predicted molar refractivity (Wildman–Crippen MR) is 108 cm³/mol. The van der Waals surface area contributed by atoms with Crippen molar-refractivity contribution in [3.05, 3.63) is 45.9 Å². The molecular weight excluding hydrogens is 406 g/mol. The van der Waals surface area contributed by atoms with E-state index in [9.17, 15) is 13.2 Å². The van der Waals surface area contributed by atoms with E-state index < -0.39 is 15.4 Å². The van der Waals surface area contributed by atoms with Gasteiger partial charge in [-0.1, -0.05) is 23.7 Å². The zero-order valence-corrected chi connectivity index (χ0v) is 17.2. The molecule has 1 aromatic carbocycles. The highest BCUT2D eigenvalue weighted by molar-refractivity contribution is 7.91. The van der Waals surface area contributed by atoms with Crippen LogP contribution in [0.15, 0.2) is 30.3 Å². The maximum atomic E-state index is 12.8. The highest BCUT2D eigenvalue weighted by atomic mass is 35.5. The number of thiophene rings is 1. The maximum absolute atomic E-state index is 12.8. The van der Waals surface area contributed by atoms with Crippen LogP contribution in [0.25, 0.3) is 15.9 Å². The van der Waals surface area contributed by atoms with Crippen molar-refractivity contribution in [1.29, 1.82) is 0 Å². The number of para-hydroxylation sites is 1. The molecule has 6 nitrogen and oxygen atoms in total. The lowest BCUT2D eigenvalue weighted by molar-refractivity contribution is 0.0919. The summed E-state index contributed by atoms with van der Waals surface area (Å²) >= 11 is 7.62. The van der Waals surface area contributed by atoms with E-state index >= 15 is 0 Å². The Balaban J connectivity index is 1.69. The minimum atomic E-state index is -3.09. The lowest BCUT2D eigenvalue weighted by atomic mass is 10.0. The lowest BCUT2D eigenvalue weighted by Crippen LogP contribution is -2.46. The van der Waals surface area contributed by atoms with Crippen LogP contribution in [0.5, 0.6) is 0 Å². The Kier molecular flexibility index (Phi) is 4.32. The van der Waals surface area contributed by atoms with Gasteiger partial charge in [0.1, 0.15) is 4.83 Å². The van der Waals surface area contributed by atoms with Gasteiger partial charge in [-0.15, -0.1) is 11.3 Å². The number of nitrogens with zero attached hydrogens (tertiary/aromatic N) is 2. The summed E-state index contributed by atoms with van der Waals surface area (Å²) < 4.78 is 25.3. The van der Waals surface area contributed by atoms with Gasteiger partial charge >= 0.3 is 0 Å². The fourth-order valence-corrected chi connectivity index (χ4v) is 6.77. The van der Waals surface area contributed by atoms with Gasteiger partial charge in [0.2, 0.25) is 0 Å². The molecule has 1 unspecified atom stereocenters. The van der Waals surface area contributed by atoms with Crippen LogP contribution in [0.4, 0.5) is 0 Å². The van der Waals surface area contributed by atoms with Crippen LogP contribution >= 0.6 is 22.9 Å². The summed E-state index contributed by atoms with van der Waals surface area (Å²) in [7, 11) is -3.09. The molecular formula is C18H18ClN3O3S2. The molecule has 3 aromatic rings. The summed E-state index contributed by atoms with van der Waals surface area (Å²) in [5.41, 5.74) is 0.824. The Bertz CT molecular complexity index is 1170. The summed E-state index contributed by atoms with van der Waals surface area (Å²) in [4.78, 5) is 14.1. The normalized spacial score (nSPS) is 21.6. The van der Waals surface area contributed by atoms with Gasteiger partial charge in [-0.05, 0) is 38.5 Å². The van der Waals surface area contributed by atoms with E-state index in [4.69, 9.17) is 11.6 Å². The third-order valence-electron chi connectivity index (χ3n) is 4.77. The van der Waals surface area contributed by atoms with E-state index in [1.54, 1.807) is 23.7 Å². The molecule has 1 atom stereocenters. The molecule has 0 radical (unpaired) electrons. The Morgan fingerprint density at radius 3 is 2.78 bits per heavy atom. The molecule has 0 spiro atoms. The molecule has 142 valence electrons. The lowest BCUT2D eigenvalue weighted by Gasteiger charge is -2.23. The average molecular weight is 424 g/mol. The first-order valence-corrected chi connectivity index (χ1v) is 11.5. The van der Waals surface area contributed by atoms with Gasteiger partial charge in [0.15, 0.2) is 9.84 Å². The van der Waals surface area contributed by atoms with E-state index in [1.165, 1.54) is 11.3 Å². The number of hydrogen-bond acceptors (Lipinski definition) is 5. The van der Waals surface area contributed by atoms with Crippen molar-refractivity contribution < 1.29 is 13.2 Å². The number of halogens is 1. The largest absolute Gasteiger partial charge is 0.345 e. The topological polar surface area (TPSA) is 81.1 Å². The second-order valence-electron chi connectivity index (χ2n) is 7.13. The van der Waals surface area contributed by atoms with Gasteiger partial charge in [-0.25, -0.2) is 13.1 Å². The molecule has 2 aromatic heterocycles. The number of amides is 1. The molecule has 3 heterocycles. The number of aryl methyl sites for hydroxylation is 1. The van der Waals surface area contributed by atoms with Crippen molar-refractivity contribution >= 4 is 48.9 Å². The molecule has 1 N–H and O–H groups in total. The van der Waals surface area contributed by atoms with Crippen molar-refractivity contribution in [3.8, 4) is 5.69 Å². The third-order valence-corrected chi connectivity index (χ3v) is 8.10. The second kappa shape index (κ2) is 6.32. The molecule has 9 heteroatoms. The zero-order chi connectivity index (χ0) is 19.4. The zero-order valence-electron chi connectivity index (χ0n) is 14.8. The molecule has 0 aliphatic carbocycles. The Labute approximate surface area is 166 Å². The minimum absolute atomic E-state index is 0.0247. The van der Waals surface area contributed by atoms with Gasteiger partial charge < -0.3 is 5.32 Å². The van der Waals surface area contributed by atoms with Crippen LogP contribution in [0.1, 0.15) is 28.7 Å². The van der Waals surface area contributed by atoms with Crippen LogP contribution in [0.2, 0.25) is 5.02 Å². The van der Waals surface area contributed by atoms with Crippen LogP contribution < -0.4 is 5.32 Å². The number of nitrogens with one attached hydrogen (secondary N) is 1. The van der Waals surface area contributed by atoms with Crippen LogP contribution in [-0.2, 0) is 9.84 Å². The summed E-state index contributed by atoms with van der Waals surface area (Å²) in [5.74, 6) is -0.180. The van der Waals surface area contributed by atoms with Gasteiger partial charge in [-0.3, -0.25) is 4.79 Å². The summed E-state index contributed by atoms with van der Waals surface area (Å²) in [6, 6.07) is 9.20. The molecule has 1 aliphatic heterocycles. The third kappa shape index (κ3) is 3.37. The molecule has 27 heavy (non-hydrogen) atoms. The Hall–Kier alpha value is -1.90. The van der Waals surface area contributed by atoms with Crippen LogP contribution in [0, 0.1) is 6.92 Å². The minimum Gasteiger partial charge on any atom is -0.345 e. The first kappa shape index (κ1) is 18.5. The predicted octanol–water partition coefficient (Wildman–Crippen LogP) is 3.36. The van der Waals surface area contributed by atoms with Gasteiger partial charge in [-0.2, -0.15) is 5.10 Å². The summed E-state index contributed by atoms with van der Waals surface area (Å²) in [5, 5.41) is 8.91. The number of rotatable bonds is 3. The first-order valence-electron chi connectivity index (χ1n) is 8.44. The summed E-state index contributed by atoms with van der Waals surface area (Å²) in [6.07, 6.45) is 0.429. The SMILES string of the molecule is Cc1nn(-c2ccccc2Cl)c2sc(C(=O)NC3(C)CCS(=O)(=O)C3)cc12. The fraction of sp³-hybridized carbons (Fsp3) is 0.333. The number of benzene rings is 1. The number of hydrogen-bond donors (Lipinski definition) is 1. The average Bonchev–Trinajstić information content (AvgIpc) is 3.22. The molecule has 1 amide bonds. The highest BCUT2D eigenvalue weighted by Crippen LogP contribution is 2.33.